The lowest BCUT2D eigenvalue weighted by molar-refractivity contribution is 0.175. The zero-order chi connectivity index (χ0) is 40.6. The van der Waals surface area contributed by atoms with E-state index in [2.05, 4.69) is 27.7 Å². The second-order valence-corrected chi connectivity index (χ2v) is 16.5. The highest BCUT2D eigenvalue weighted by atomic mass is 16.3. The first-order valence-corrected chi connectivity index (χ1v) is 24.1. The molecule has 4 atom stereocenters. The minimum atomic E-state index is 0.278. The second kappa shape index (κ2) is 52.8. The van der Waals surface area contributed by atoms with E-state index < -0.39 is 0 Å². The van der Waals surface area contributed by atoms with E-state index in [4.69, 9.17) is 20.4 Å². The molecule has 0 aromatic carbocycles. The Labute approximate surface area is 339 Å². The molecule has 6 heteroatoms. The van der Waals surface area contributed by atoms with Crippen LogP contribution < -0.4 is 0 Å². The highest BCUT2D eigenvalue weighted by Crippen LogP contribution is 2.25. The third-order valence-electron chi connectivity index (χ3n) is 11.7. The number of hydrogen-bond acceptors (Lipinski definition) is 6. The molecule has 0 aliphatic heterocycles. The van der Waals surface area contributed by atoms with E-state index >= 15 is 0 Å². The summed E-state index contributed by atoms with van der Waals surface area (Å²) in [6.45, 7) is 10.8. The van der Waals surface area contributed by atoms with Crippen LogP contribution in [-0.2, 0) is 0 Å². The quantitative estimate of drug-likeness (QED) is 0.0344. The molecule has 0 fully saturated rings. The van der Waals surface area contributed by atoms with Gasteiger partial charge in [0, 0.05) is 39.6 Å². The van der Waals surface area contributed by atoms with Crippen molar-refractivity contribution in [2.24, 2.45) is 23.7 Å². The first-order valence-electron chi connectivity index (χ1n) is 24.1. The van der Waals surface area contributed by atoms with Gasteiger partial charge in [-0.25, -0.2) is 0 Å². The zero-order valence-corrected chi connectivity index (χ0v) is 37.3. The Morgan fingerprint density at radius 1 is 0.259 bits per heavy atom. The minimum Gasteiger partial charge on any atom is -0.396 e. The van der Waals surface area contributed by atoms with Crippen LogP contribution in [-0.4, -0.2) is 70.3 Å². The van der Waals surface area contributed by atoms with Crippen molar-refractivity contribution in [3.63, 3.8) is 0 Å². The number of unbranched alkanes of at least 4 members (excludes halogenated alkanes) is 22. The van der Waals surface area contributed by atoms with Gasteiger partial charge in [0.05, 0.1) is 0 Å². The molecule has 6 nitrogen and oxygen atoms in total. The molecular formula is C48H102O6. The van der Waals surface area contributed by atoms with Crippen molar-refractivity contribution in [1.29, 1.82) is 0 Å². The first kappa shape index (κ1) is 58.1. The summed E-state index contributed by atoms with van der Waals surface area (Å²) in [7, 11) is 0. The van der Waals surface area contributed by atoms with E-state index in [9.17, 15) is 10.2 Å². The van der Waals surface area contributed by atoms with Crippen LogP contribution in [0.3, 0.4) is 0 Å². The van der Waals surface area contributed by atoms with E-state index in [-0.39, 0.29) is 13.2 Å². The van der Waals surface area contributed by atoms with Gasteiger partial charge in [0.2, 0.25) is 0 Å². The Morgan fingerprint density at radius 3 is 0.704 bits per heavy atom. The van der Waals surface area contributed by atoms with Gasteiger partial charge in [-0.15, -0.1) is 0 Å². The van der Waals surface area contributed by atoms with Gasteiger partial charge in [-0.2, -0.15) is 0 Å². The van der Waals surface area contributed by atoms with Crippen molar-refractivity contribution >= 4 is 0 Å². The molecule has 0 spiro atoms. The predicted octanol–water partition coefficient (Wildman–Crippen LogP) is 12.7. The van der Waals surface area contributed by atoms with E-state index in [0.717, 1.165) is 44.9 Å². The smallest absolute Gasteiger partial charge is 0.0459 e. The molecule has 0 bridgehead atoms. The molecule has 0 aliphatic carbocycles. The Morgan fingerprint density at radius 2 is 0.500 bits per heavy atom. The molecule has 4 unspecified atom stereocenters. The van der Waals surface area contributed by atoms with Gasteiger partial charge >= 0.3 is 0 Å². The summed E-state index contributed by atoms with van der Waals surface area (Å²) in [5.41, 5.74) is 0. The molecule has 0 rings (SSSR count). The van der Waals surface area contributed by atoms with Crippen LogP contribution in [0.15, 0.2) is 0 Å². The summed E-state index contributed by atoms with van der Waals surface area (Å²) in [4.78, 5) is 0. The molecule has 0 aliphatic rings. The fourth-order valence-corrected chi connectivity index (χ4v) is 7.82. The number of aliphatic hydroxyl groups is 6. The highest BCUT2D eigenvalue weighted by molar-refractivity contribution is 4.67. The van der Waals surface area contributed by atoms with Gasteiger partial charge in [-0.05, 0) is 75.0 Å². The van der Waals surface area contributed by atoms with Crippen LogP contribution >= 0.6 is 0 Å². The summed E-state index contributed by atoms with van der Waals surface area (Å²) < 4.78 is 0. The molecule has 6 N–H and O–H groups in total. The molecule has 0 aromatic rings. The van der Waals surface area contributed by atoms with E-state index in [0.29, 0.717) is 50.1 Å². The van der Waals surface area contributed by atoms with E-state index in [1.54, 1.807) is 0 Å². The Bertz CT molecular complexity index is 590. The lowest BCUT2D eigenvalue weighted by atomic mass is 9.84. The van der Waals surface area contributed by atoms with Crippen LogP contribution in [0.25, 0.3) is 0 Å². The molecule has 0 saturated carbocycles. The van der Waals surface area contributed by atoms with Crippen LogP contribution in [0.5, 0.6) is 0 Å². The van der Waals surface area contributed by atoms with Gasteiger partial charge in [0.25, 0.3) is 0 Å². The van der Waals surface area contributed by atoms with Gasteiger partial charge in [0.15, 0.2) is 0 Å². The SMILES string of the molecule is CCC(CCO)C(CC)CCO.CCCCCCCCC(CO)CCCCCCCCCO.CCCCCCCCCC(CO)CCCCCCCCO. The molecule has 330 valence electrons. The largest absolute Gasteiger partial charge is 0.396 e. The number of aliphatic hydroxyl groups excluding tert-OH is 6. The van der Waals surface area contributed by atoms with Gasteiger partial charge < -0.3 is 30.6 Å². The van der Waals surface area contributed by atoms with Crippen molar-refractivity contribution in [1.82, 2.24) is 0 Å². The normalized spacial score (nSPS) is 13.4. The molecular weight excluding hydrogens is 673 g/mol. The highest BCUT2D eigenvalue weighted by Gasteiger charge is 2.17. The van der Waals surface area contributed by atoms with E-state index in [1.165, 1.54) is 173 Å². The second-order valence-electron chi connectivity index (χ2n) is 16.5. The summed E-state index contributed by atoms with van der Waals surface area (Å²) in [5, 5.41) is 53.9. The Hall–Kier alpha value is -0.240. The van der Waals surface area contributed by atoms with Crippen molar-refractivity contribution in [3.8, 4) is 0 Å². The standard InChI is InChI=1S/2C19H40O2.C10H22O2/c1-2-3-4-5-9-12-15-19(18-21)16-13-10-7-6-8-11-14-17-20;1-2-3-4-5-6-9-12-15-19(18-21)16-13-10-7-8-11-14-17-20;1-3-9(5-7-11)10(4-2)6-8-12/h2*19-21H,2-18H2,1H3;9-12H,3-8H2,1-2H3. The van der Waals surface area contributed by atoms with Crippen LogP contribution in [0, 0.1) is 23.7 Å². The first-order chi connectivity index (χ1) is 26.5. The summed E-state index contributed by atoms with van der Waals surface area (Å²) in [6.07, 6.45) is 42.3. The van der Waals surface area contributed by atoms with Gasteiger partial charge in [-0.1, -0.05) is 195 Å². The lowest BCUT2D eigenvalue weighted by Gasteiger charge is -2.23. The maximum absolute atomic E-state index is 9.44. The van der Waals surface area contributed by atoms with Crippen LogP contribution in [0.2, 0.25) is 0 Å². The minimum absolute atomic E-state index is 0.278. The molecule has 0 heterocycles. The monoisotopic (exact) mass is 775 g/mol. The fourth-order valence-electron chi connectivity index (χ4n) is 7.82. The van der Waals surface area contributed by atoms with Gasteiger partial charge in [0.1, 0.15) is 0 Å². The zero-order valence-electron chi connectivity index (χ0n) is 37.3. The molecule has 54 heavy (non-hydrogen) atoms. The summed E-state index contributed by atoms with van der Waals surface area (Å²) in [6, 6.07) is 0. The average Bonchev–Trinajstić information content (AvgIpc) is 3.19. The Balaban J connectivity index is -0.000000752. The molecule has 0 radical (unpaired) electrons. The number of hydrogen-bond donors (Lipinski definition) is 6. The van der Waals surface area contributed by atoms with Crippen LogP contribution in [0.1, 0.15) is 246 Å². The third kappa shape index (κ3) is 46.1. The van der Waals surface area contributed by atoms with Crippen molar-refractivity contribution in [3.05, 3.63) is 0 Å². The van der Waals surface area contributed by atoms with Crippen LogP contribution in [0.4, 0.5) is 0 Å². The molecule has 0 saturated heterocycles. The average molecular weight is 775 g/mol. The van der Waals surface area contributed by atoms with Gasteiger partial charge in [-0.3, -0.25) is 0 Å². The molecule has 0 amide bonds. The Kier molecular flexibility index (Phi) is 56.7. The topological polar surface area (TPSA) is 121 Å². The maximum atomic E-state index is 9.44. The lowest BCUT2D eigenvalue weighted by Crippen LogP contribution is -2.16. The van der Waals surface area contributed by atoms with Crippen molar-refractivity contribution in [2.45, 2.75) is 246 Å². The molecule has 0 aromatic heterocycles. The van der Waals surface area contributed by atoms with E-state index in [1.807, 2.05) is 0 Å². The number of rotatable bonds is 41. The predicted molar refractivity (Wildman–Crippen MR) is 236 cm³/mol. The third-order valence-corrected chi connectivity index (χ3v) is 11.7. The van der Waals surface area contributed by atoms with Crippen molar-refractivity contribution < 1.29 is 30.6 Å². The summed E-state index contributed by atoms with van der Waals surface area (Å²) >= 11 is 0. The summed E-state index contributed by atoms with van der Waals surface area (Å²) in [5.74, 6) is 2.27. The fraction of sp³-hybridized carbons (Fsp3) is 1.00. The maximum Gasteiger partial charge on any atom is 0.0459 e. The van der Waals surface area contributed by atoms with Crippen molar-refractivity contribution in [2.75, 3.05) is 39.6 Å².